The molecule has 2 aromatic carbocycles. The summed E-state index contributed by atoms with van der Waals surface area (Å²) < 4.78 is 8.67. The third-order valence-electron chi connectivity index (χ3n) is 3.77. The van der Waals surface area contributed by atoms with Crippen molar-refractivity contribution in [3.8, 4) is 5.75 Å². The van der Waals surface area contributed by atoms with E-state index in [0.717, 1.165) is 28.1 Å². The van der Waals surface area contributed by atoms with Gasteiger partial charge in [-0.15, -0.1) is 0 Å². The number of carbonyl (C=O) groups is 1. The van der Waals surface area contributed by atoms with Gasteiger partial charge in [-0.05, 0) is 49.7 Å². The Morgan fingerprint density at radius 3 is 2.64 bits per heavy atom. The van der Waals surface area contributed by atoms with E-state index in [1.54, 1.807) is 12.1 Å². The maximum atomic E-state index is 12.4. The van der Waals surface area contributed by atoms with Crippen molar-refractivity contribution in [3.63, 3.8) is 0 Å². The predicted octanol–water partition coefficient (Wildman–Crippen LogP) is 4.44. The van der Waals surface area contributed by atoms with E-state index in [4.69, 9.17) is 16.3 Å². The Labute approximate surface area is 155 Å². The van der Waals surface area contributed by atoms with Crippen molar-refractivity contribution >= 4 is 39.1 Å². The summed E-state index contributed by atoms with van der Waals surface area (Å²) in [5, 5.41) is 0.659. The van der Waals surface area contributed by atoms with Gasteiger partial charge in [0.1, 0.15) is 5.75 Å². The van der Waals surface area contributed by atoms with E-state index in [1.165, 1.54) is 11.3 Å². The summed E-state index contributed by atoms with van der Waals surface area (Å²) in [5.41, 5.74) is 1.97. The first-order valence-electron chi connectivity index (χ1n) is 8.19. The molecule has 0 saturated carbocycles. The maximum absolute atomic E-state index is 12.4. The number of rotatable bonds is 5. The lowest BCUT2D eigenvalue weighted by atomic mass is 10.1. The lowest BCUT2D eigenvalue weighted by Gasteiger charge is -2.03. The minimum Gasteiger partial charge on any atom is -0.494 e. The minimum absolute atomic E-state index is 0.166. The SMILES string of the molecule is CCOc1ccc2c(c1)sc(=NC(=O)Cc1ccc(Cl)cc1)n2CC. The first-order chi connectivity index (χ1) is 12.1. The van der Waals surface area contributed by atoms with Gasteiger partial charge in [-0.2, -0.15) is 4.99 Å². The molecule has 0 unspecified atom stereocenters. The van der Waals surface area contributed by atoms with Gasteiger partial charge in [0.25, 0.3) is 5.91 Å². The fourth-order valence-electron chi connectivity index (χ4n) is 2.62. The van der Waals surface area contributed by atoms with Gasteiger partial charge in [-0.3, -0.25) is 4.79 Å². The summed E-state index contributed by atoms with van der Waals surface area (Å²) in [4.78, 5) is 17.4. The molecule has 6 heteroatoms. The van der Waals surface area contributed by atoms with E-state index in [1.807, 2.05) is 44.2 Å². The van der Waals surface area contributed by atoms with Gasteiger partial charge in [0.05, 0.1) is 23.2 Å². The lowest BCUT2D eigenvalue weighted by Crippen LogP contribution is -2.16. The van der Waals surface area contributed by atoms with Crippen LogP contribution in [-0.2, 0) is 17.8 Å². The highest BCUT2D eigenvalue weighted by molar-refractivity contribution is 7.16. The maximum Gasteiger partial charge on any atom is 0.252 e. The van der Waals surface area contributed by atoms with Crippen molar-refractivity contribution in [2.45, 2.75) is 26.8 Å². The highest BCUT2D eigenvalue weighted by Crippen LogP contribution is 2.23. The van der Waals surface area contributed by atoms with Crippen LogP contribution >= 0.6 is 22.9 Å². The van der Waals surface area contributed by atoms with Crippen LogP contribution in [0.3, 0.4) is 0 Å². The second-order valence-corrected chi connectivity index (χ2v) is 6.95. The molecule has 0 radical (unpaired) electrons. The minimum atomic E-state index is -0.166. The molecule has 0 aliphatic rings. The Bertz CT molecular complexity index is 958. The van der Waals surface area contributed by atoms with Crippen LogP contribution < -0.4 is 9.54 Å². The second kappa shape index (κ2) is 7.85. The molecule has 0 spiro atoms. The van der Waals surface area contributed by atoms with Crippen molar-refractivity contribution in [1.29, 1.82) is 0 Å². The Morgan fingerprint density at radius 2 is 1.96 bits per heavy atom. The van der Waals surface area contributed by atoms with Crippen LogP contribution in [0, 0.1) is 0 Å². The Kier molecular flexibility index (Phi) is 5.56. The summed E-state index contributed by atoms with van der Waals surface area (Å²) in [6.45, 7) is 5.38. The number of benzene rings is 2. The zero-order chi connectivity index (χ0) is 17.8. The number of amides is 1. The average molecular weight is 375 g/mol. The molecule has 0 fully saturated rings. The Morgan fingerprint density at radius 1 is 1.20 bits per heavy atom. The average Bonchev–Trinajstić information content (AvgIpc) is 2.93. The van der Waals surface area contributed by atoms with Crippen LogP contribution in [-0.4, -0.2) is 17.1 Å². The first-order valence-corrected chi connectivity index (χ1v) is 9.38. The molecule has 0 aliphatic heterocycles. The van der Waals surface area contributed by atoms with E-state index in [9.17, 15) is 4.79 Å². The van der Waals surface area contributed by atoms with E-state index in [2.05, 4.69) is 9.56 Å². The fourth-order valence-corrected chi connectivity index (χ4v) is 3.89. The third kappa shape index (κ3) is 4.11. The summed E-state index contributed by atoms with van der Waals surface area (Å²) >= 11 is 7.38. The normalized spacial score (nSPS) is 11.9. The quantitative estimate of drug-likeness (QED) is 0.662. The van der Waals surface area contributed by atoms with Crippen LogP contribution in [0.4, 0.5) is 0 Å². The molecule has 4 nitrogen and oxygen atoms in total. The van der Waals surface area contributed by atoms with E-state index in [-0.39, 0.29) is 12.3 Å². The summed E-state index contributed by atoms with van der Waals surface area (Å²) in [6, 6.07) is 13.2. The summed E-state index contributed by atoms with van der Waals surface area (Å²) in [5.74, 6) is 0.666. The third-order valence-corrected chi connectivity index (χ3v) is 5.06. The molecule has 25 heavy (non-hydrogen) atoms. The number of thiazole rings is 1. The van der Waals surface area contributed by atoms with Gasteiger partial charge in [0.2, 0.25) is 0 Å². The zero-order valence-electron chi connectivity index (χ0n) is 14.2. The fraction of sp³-hybridized carbons (Fsp3) is 0.263. The molecule has 0 bridgehead atoms. The van der Waals surface area contributed by atoms with Gasteiger partial charge >= 0.3 is 0 Å². The standard InChI is InChI=1S/C19H19ClN2O2S/c1-3-22-16-10-9-15(24-4-2)12-17(16)25-19(22)21-18(23)11-13-5-7-14(20)8-6-13/h5-10,12H,3-4,11H2,1-2H3. The highest BCUT2D eigenvalue weighted by atomic mass is 35.5. The predicted molar refractivity (Wildman–Crippen MR) is 102 cm³/mol. The number of carbonyl (C=O) groups excluding carboxylic acids is 1. The number of hydrogen-bond donors (Lipinski definition) is 0. The molecule has 0 aliphatic carbocycles. The number of halogens is 1. The largest absolute Gasteiger partial charge is 0.494 e. The van der Waals surface area contributed by atoms with Gasteiger partial charge in [0.15, 0.2) is 4.80 Å². The summed E-state index contributed by atoms with van der Waals surface area (Å²) in [6.07, 6.45) is 0.263. The van der Waals surface area contributed by atoms with Crippen molar-refractivity contribution < 1.29 is 9.53 Å². The molecule has 3 rings (SSSR count). The number of hydrogen-bond acceptors (Lipinski definition) is 3. The number of aryl methyl sites for hydroxylation is 1. The van der Waals surface area contributed by atoms with Crippen LogP contribution in [0.15, 0.2) is 47.5 Å². The van der Waals surface area contributed by atoms with Crippen LogP contribution in [0.1, 0.15) is 19.4 Å². The molecule has 1 heterocycles. The van der Waals surface area contributed by atoms with Crippen molar-refractivity contribution in [2.75, 3.05) is 6.61 Å². The molecule has 1 amide bonds. The van der Waals surface area contributed by atoms with Gasteiger partial charge in [-0.1, -0.05) is 35.1 Å². The lowest BCUT2D eigenvalue weighted by molar-refractivity contribution is -0.117. The number of nitrogens with zero attached hydrogens (tertiary/aromatic N) is 2. The molecule has 0 N–H and O–H groups in total. The van der Waals surface area contributed by atoms with Gasteiger partial charge < -0.3 is 9.30 Å². The van der Waals surface area contributed by atoms with Gasteiger partial charge in [0, 0.05) is 11.6 Å². The van der Waals surface area contributed by atoms with Gasteiger partial charge in [-0.25, -0.2) is 0 Å². The molecule has 0 saturated heterocycles. The monoisotopic (exact) mass is 374 g/mol. The highest BCUT2D eigenvalue weighted by Gasteiger charge is 2.08. The Balaban J connectivity index is 1.94. The van der Waals surface area contributed by atoms with Crippen LogP contribution in [0.2, 0.25) is 5.02 Å². The number of aromatic nitrogens is 1. The Hall–Kier alpha value is -2.11. The van der Waals surface area contributed by atoms with Crippen molar-refractivity contribution in [1.82, 2.24) is 4.57 Å². The molecule has 3 aromatic rings. The zero-order valence-corrected chi connectivity index (χ0v) is 15.7. The molecule has 1 aromatic heterocycles. The van der Waals surface area contributed by atoms with Crippen LogP contribution in [0.25, 0.3) is 10.2 Å². The first kappa shape index (κ1) is 17.7. The molecule has 130 valence electrons. The van der Waals surface area contributed by atoms with E-state index >= 15 is 0 Å². The topological polar surface area (TPSA) is 43.6 Å². The molecule has 0 atom stereocenters. The van der Waals surface area contributed by atoms with Crippen molar-refractivity contribution in [3.05, 3.63) is 57.9 Å². The van der Waals surface area contributed by atoms with E-state index in [0.29, 0.717) is 16.4 Å². The molecular weight excluding hydrogens is 356 g/mol. The van der Waals surface area contributed by atoms with Crippen LogP contribution in [0.5, 0.6) is 5.75 Å². The molecular formula is C19H19ClN2O2S. The number of ether oxygens (including phenoxy) is 1. The number of fused-ring (bicyclic) bond motifs is 1. The van der Waals surface area contributed by atoms with E-state index < -0.39 is 0 Å². The van der Waals surface area contributed by atoms with Crippen molar-refractivity contribution in [2.24, 2.45) is 4.99 Å². The smallest absolute Gasteiger partial charge is 0.252 e. The summed E-state index contributed by atoms with van der Waals surface area (Å²) in [7, 11) is 0. The second-order valence-electron chi connectivity index (χ2n) is 5.50.